The summed E-state index contributed by atoms with van der Waals surface area (Å²) in [5.41, 5.74) is 1.67. The number of rotatable bonds is 5. The van der Waals surface area contributed by atoms with Crippen molar-refractivity contribution >= 4 is 40.0 Å². The summed E-state index contributed by atoms with van der Waals surface area (Å²) in [4.78, 5) is 15.3. The molecule has 9 heteroatoms. The summed E-state index contributed by atoms with van der Waals surface area (Å²) in [6, 6.07) is 7.83. The number of carbonyl (C=O) groups is 1. The van der Waals surface area contributed by atoms with Crippen LogP contribution in [0.1, 0.15) is 34.0 Å². The molecule has 4 heterocycles. The predicted molar refractivity (Wildman–Crippen MR) is 115 cm³/mol. The number of piperidine rings is 1. The first-order valence-electron chi connectivity index (χ1n) is 10.1. The molecule has 0 bridgehead atoms. The lowest BCUT2D eigenvalue weighted by atomic mass is 9.96. The van der Waals surface area contributed by atoms with Crippen LogP contribution in [0, 0.1) is 12.8 Å². The molecule has 2 fully saturated rings. The number of furan rings is 1. The fraction of sp³-hybridized carbons (Fsp3) is 0.476. The van der Waals surface area contributed by atoms with Crippen LogP contribution in [0.15, 0.2) is 33.0 Å². The Labute approximate surface area is 182 Å². The molecule has 2 aromatic heterocycles. The Bertz CT molecular complexity index is 1040. The highest BCUT2D eigenvalue weighted by molar-refractivity contribution is 8.00. The fourth-order valence-electron chi connectivity index (χ4n) is 4.05. The third-order valence-corrected chi connectivity index (χ3v) is 7.60. The zero-order valence-corrected chi connectivity index (χ0v) is 18.3. The number of aryl methyl sites for hydroxylation is 1. The van der Waals surface area contributed by atoms with E-state index < -0.39 is 0 Å². The van der Waals surface area contributed by atoms with Gasteiger partial charge in [0.05, 0.1) is 13.2 Å². The van der Waals surface area contributed by atoms with Gasteiger partial charge in [-0.25, -0.2) is 0 Å². The van der Waals surface area contributed by atoms with Crippen molar-refractivity contribution in [3.63, 3.8) is 0 Å². The van der Waals surface area contributed by atoms with Gasteiger partial charge in [-0.15, -0.1) is 10.2 Å². The second kappa shape index (κ2) is 8.66. The molecule has 158 valence electrons. The summed E-state index contributed by atoms with van der Waals surface area (Å²) in [5.74, 6) is 1.37. The molecule has 0 N–H and O–H groups in total. The minimum absolute atomic E-state index is 0.0399. The molecular weight excluding hydrogens is 422 g/mol. The van der Waals surface area contributed by atoms with Crippen molar-refractivity contribution in [2.24, 2.45) is 5.92 Å². The van der Waals surface area contributed by atoms with Gasteiger partial charge in [-0.3, -0.25) is 4.79 Å². The van der Waals surface area contributed by atoms with Crippen LogP contribution < -0.4 is 0 Å². The summed E-state index contributed by atoms with van der Waals surface area (Å²) < 4.78 is 18.2. The van der Waals surface area contributed by atoms with Crippen LogP contribution in [0.2, 0.25) is 0 Å². The summed E-state index contributed by atoms with van der Waals surface area (Å²) in [7, 11) is 0. The molecule has 2 saturated heterocycles. The number of likely N-dealkylation sites (tertiary alicyclic amines) is 1. The van der Waals surface area contributed by atoms with Crippen LogP contribution in [-0.4, -0.2) is 53.6 Å². The van der Waals surface area contributed by atoms with Crippen LogP contribution in [0.5, 0.6) is 0 Å². The molecule has 0 unspecified atom stereocenters. The SMILES string of the molecule is Cc1nnc(SCc2c(C(=O)N3CCC(C4OCCO4)CC3)oc3ccccc23)s1. The molecule has 2 aliphatic rings. The molecule has 1 amide bonds. The number of thioether (sulfide) groups is 1. The van der Waals surface area contributed by atoms with Crippen LogP contribution >= 0.6 is 23.1 Å². The summed E-state index contributed by atoms with van der Waals surface area (Å²) in [6.07, 6.45) is 1.64. The molecule has 1 aromatic carbocycles. The van der Waals surface area contributed by atoms with Crippen molar-refractivity contribution < 1.29 is 18.7 Å². The summed E-state index contributed by atoms with van der Waals surface area (Å²) >= 11 is 3.15. The lowest BCUT2D eigenvalue weighted by Crippen LogP contribution is -2.41. The monoisotopic (exact) mass is 445 g/mol. The van der Waals surface area contributed by atoms with Gasteiger partial charge in [0, 0.05) is 35.7 Å². The Balaban J connectivity index is 1.34. The second-order valence-electron chi connectivity index (χ2n) is 7.52. The molecule has 3 aromatic rings. The van der Waals surface area contributed by atoms with E-state index in [0.717, 1.165) is 38.7 Å². The highest BCUT2D eigenvalue weighted by Gasteiger charge is 2.33. The smallest absolute Gasteiger partial charge is 0.289 e. The molecule has 0 atom stereocenters. The average molecular weight is 446 g/mol. The van der Waals surface area contributed by atoms with Crippen LogP contribution in [0.4, 0.5) is 0 Å². The Hall–Kier alpha value is -1.94. The number of hydrogen-bond donors (Lipinski definition) is 0. The van der Waals surface area contributed by atoms with E-state index in [9.17, 15) is 4.79 Å². The number of para-hydroxylation sites is 1. The first-order chi connectivity index (χ1) is 14.7. The zero-order valence-electron chi connectivity index (χ0n) is 16.7. The molecule has 2 aliphatic heterocycles. The minimum Gasteiger partial charge on any atom is -0.451 e. The van der Waals surface area contributed by atoms with Gasteiger partial charge in [0.25, 0.3) is 5.91 Å². The Morgan fingerprint density at radius 3 is 2.70 bits per heavy atom. The Kier molecular flexibility index (Phi) is 5.77. The Morgan fingerprint density at radius 1 is 1.20 bits per heavy atom. The van der Waals surface area contributed by atoms with Gasteiger partial charge in [-0.1, -0.05) is 41.3 Å². The van der Waals surface area contributed by atoms with Crippen LogP contribution in [0.25, 0.3) is 11.0 Å². The third kappa shape index (κ3) is 3.99. The number of fused-ring (bicyclic) bond motifs is 1. The van der Waals surface area contributed by atoms with Gasteiger partial charge in [-0.2, -0.15) is 0 Å². The van der Waals surface area contributed by atoms with Gasteiger partial charge in [-0.05, 0) is 25.8 Å². The van der Waals surface area contributed by atoms with Gasteiger partial charge >= 0.3 is 0 Å². The molecule has 30 heavy (non-hydrogen) atoms. The molecule has 0 spiro atoms. The van der Waals surface area contributed by atoms with E-state index in [1.807, 2.05) is 36.1 Å². The molecule has 0 aliphatic carbocycles. The van der Waals surface area contributed by atoms with E-state index in [0.29, 0.717) is 43.7 Å². The van der Waals surface area contributed by atoms with E-state index in [1.165, 1.54) is 0 Å². The first-order valence-corrected chi connectivity index (χ1v) is 11.9. The molecule has 7 nitrogen and oxygen atoms in total. The van der Waals surface area contributed by atoms with E-state index in [1.54, 1.807) is 23.1 Å². The maximum absolute atomic E-state index is 13.4. The standard InChI is InChI=1S/C21H23N3O4S2/c1-13-22-23-21(30-13)29-12-16-15-4-2-3-5-17(15)28-18(16)19(25)24-8-6-14(7-9-24)20-26-10-11-27-20/h2-5,14,20H,6-12H2,1H3. The first kappa shape index (κ1) is 20.0. The van der Waals surface area contributed by atoms with Gasteiger partial charge < -0.3 is 18.8 Å². The normalized spacial score (nSPS) is 18.5. The molecule has 5 rings (SSSR count). The van der Waals surface area contributed by atoms with E-state index in [-0.39, 0.29) is 12.2 Å². The van der Waals surface area contributed by atoms with Gasteiger partial charge in [0.2, 0.25) is 0 Å². The van der Waals surface area contributed by atoms with Gasteiger partial charge in [0.15, 0.2) is 16.4 Å². The molecule has 0 radical (unpaired) electrons. The van der Waals surface area contributed by atoms with E-state index in [4.69, 9.17) is 13.9 Å². The average Bonchev–Trinajstić information content (AvgIpc) is 3.52. The van der Waals surface area contributed by atoms with Crippen molar-refractivity contribution in [2.75, 3.05) is 26.3 Å². The van der Waals surface area contributed by atoms with E-state index in [2.05, 4.69) is 10.2 Å². The molecule has 0 saturated carbocycles. The van der Waals surface area contributed by atoms with Crippen molar-refractivity contribution in [3.8, 4) is 0 Å². The lowest BCUT2D eigenvalue weighted by Gasteiger charge is -2.33. The highest BCUT2D eigenvalue weighted by atomic mass is 32.2. The zero-order chi connectivity index (χ0) is 20.5. The number of aromatic nitrogens is 2. The van der Waals surface area contributed by atoms with Crippen molar-refractivity contribution in [1.29, 1.82) is 0 Å². The van der Waals surface area contributed by atoms with Crippen LogP contribution in [0.3, 0.4) is 0 Å². The topological polar surface area (TPSA) is 77.7 Å². The number of carbonyl (C=O) groups excluding carboxylic acids is 1. The number of hydrogen-bond acceptors (Lipinski definition) is 8. The maximum Gasteiger partial charge on any atom is 0.289 e. The summed E-state index contributed by atoms with van der Waals surface area (Å²) in [6.45, 7) is 4.64. The van der Waals surface area contributed by atoms with Crippen molar-refractivity contribution in [2.45, 2.75) is 36.1 Å². The largest absolute Gasteiger partial charge is 0.451 e. The number of amides is 1. The van der Waals surface area contributed by atoms with Crippen molar-refractivity contribution in [3.05, 3.63) is 40.6 Å². The minimum atomic E-state index is -0.115. The second-order valence-corrected chi connectivity index (χ2v) is 9.93. The van der Waals surface area contributed by atoms with Gasteiger partial charge in [0.1, 0.15) is 10.6 Å². The van der Waals surface area contributed by atoms with E-state index >= 15 is 0 Å². The quantitative estimate of drug-likeness (QED) is 0.547. The maximum atomic E-state index is 13.4. The molecular formula is C21H23N3O4S2. The predicted octanol–water partition coefficient (Wildman–Crippen LogP) is 4.11. The Morgan fingerprint density at radius 2 is 1.97 bits per heavy atom. The van der Waals surface area contributed by atoms with Crippen LogP contribution in [-0.2, 0) is 15.2 Å². The van der Waals surface area contributed by atoms with Crippen molar-refractivity contribution in [1.82, 2.24) is 15.1 Å². The fourth-order valence-corrected chi connectivity index (χ4v) is 5.90. The highest BCUT2D eigenvalue weighted by Crippen LogP contribution is 2.34. The lowest BCUT2D eigenvalue weighted by molar-refractivity contribution is -0.0956. The number of nitrogens with zero attached hydrogens (tertiary/aromatic N) is 3. The number of ether oxygens (including phenoxy) is 2. The summed E-state index contributed by atoms with van der Waals surface area (Å²) in [5, 5.41) is 10.2. The third-order valence-electron chi connectivity index (χ3n) is 5.60. The number of benzene rings is 1.